The van der Waals surface area contributed by atoms with Crippen molar-refractivity contribution < 1.29 is 4.42 Å². The van der Waals surface area contributed by atoms with E-state index < -0.39 is 0 Å². The minimum Gasteiger partial charge on any atom is -0.459 e. The molecule has 0 fully saturated rings. The van der Waals surface area contributed by atoms with E-state index in [1.54, 1.807) is 11.3 Å². The van der Waals surface area contributed by atoms with Crippen molar-refractivity contribution in [3.8, 4) is 0 Å². The van der Waals surface area contributed by atoms with Crippen molar-refractivity contribution in [2.75, 3.05) is 13.6 Å². The summed E-state index contributed by atoms with van der Waals surface area (Å²) < 4.78 is 5.94. The second kappa shape index (κ2) is 5.79. The third kappa shape index (κ3) is 2.63. The molecule has 0 aliphatic heterocycles. The topological polar surface area (TPSA) is 42.4 Å². The quantitative estimate of drug-likeness (QED) is 0.779. The molecular weight excluding hydrogens is 268 g/mol. The predicted octanol–water partition coefficient (Wildman–Crippen LogP) is 3.63. The maximum absolute atomic E-state index is 5.96. The Morgan fingerprint density at radius 3 is 2.85 bits per heavy atom. The number of furan rings is 1. The number of benzene rings is 1. The fourth-order valence-electron chi connectivity index (χ4n) is 2.46. The summed E-state index contributed by atoms with van der Waals surface area (Å²) in [6, 6.07) is 12.4. The van der Waals surface area contributed by atoms with Gasteiger partial charge in [-0.25, -0.2) is 0 Å². The van der Waals surface area contributed by atoms with Crippen LogP contribution in [0.1, 0.15) is 17.4 Å². The average Bonchev–Trinajstić information content (AvgIpc) is 3.08. The summed E-state index contributed by atoms with van der Waals surface area (Å²) >= 11 is 1.72. The highest BCUT2D eigenvalue weighted by Crippen LogP contribution is 2.27. The number of nitrogens with two attached hydrogens (primary N) is 1. The number of fused-ring (bicyclic) bond motifs is 1. The predicted molar refractivity (Wildman–Crippen MR) is 83.8 cm³/mol. The van der Waals surface area contributed by atoms with Gasteiger partial charge in [0.05, 0.1) is 6.04 Å². The lowest BCUT2D eigenvalue weighted by molar-refractivity contribution is 0.216. The Labute approximate surface area is 122 Å². The van der Waals surface area contributed by atoms with Crippen LogP contribution in [0.3, 0.4) is 0 Å². The summed E-state index contributed by atoms with van der Waals surface area (Å²) in [6.45, 7) is 1.42. The zero-order valence-corrected chi connectivity index (χ0v) is 12.3. The van der Waals surface area contributed by atoms with E-state index in [0.29, 0.717) is 6.54 Å². The van der Waals surface area contributed by atoms with Crippen molar-refractivity contribution in [1.29, 1.82) is 0 Å². The van der Waals surface area contributed by atoms with E-state index in [2.05, 4.69) is 40.9 Å². The van der Waals surface area contributed by atoms with Crippen molar-refractivity contribution in [3.63, 3.8) is 0 Å². The third-order valence-corrected chi connectivity index (χ3v) is 4.27. The monoisotopic (exact) mass is 286 g/mol. The largest absolute Gasteiger partial charge is 0.459 e. The maximum Gasteiger partial charge on any atom is 0.134 e. The Morgan fingerprint density at radius 2 is 2.15 bits per heavy atom. The van der Waals surface area contributed by atoms with Gasteiger partial charge in [0.1, 0.15) is 11.3 Å². The number of hydrogen-bond acceptors (Lipinski definition) is 4. The molecule has 0 aliphatic rings. The SMILES string of the molecule is CN(Cc1ccsc1)C(CN)c1cc2ccccc2o1. The van der Waals surface area contributed by atoms with Crippen LogP contribution in [0.4, 0.5) is 0 Å². The summed E-state index contributed by atoms with van der Waals surface area (Å²) in [5, 5.41) is 5.40. The lowest BCUT2D eigenvalue weighted by atomic mass is 10.1. The van der Waals surface area contributed by atoms with Gasteiger partial charge in [0.15, 0.2) is 0 Å². The molecule has 0 bridgehead atoms. The summed E-state index contributed by atoms with van der Waals surface area (Å²) in [7, 11) is 2.09. The van der Waals surface area contributed by atoms with Gasteiger partial charge in [-0.1, -0.05) is 18.2 Å². The minimum atomic E-state index is 0.0994. The van der Waals surface area contributed by atoms with Gasteiger partial charge in [-0.3, -0.25) is 4.90 Å². The minimum absolute atomic E-state index is 0.0994. The van der Waals surface area contributed by atoms with Gasteiger partial charge in [-0.15, -0.1) is 0 Å². The molecule has 20 heavy (non-hydrogen) atoms. The fourth-order valence-corrected chi connectivity index (χ4v) is 3.12. The maximum atomic E-state index is 5.96. The summed E-state index contributed by atoms with van der Waals surface area (Å²) in [5.41, 5.74) is 8.19. The van der Waals surface area contributed by atoms with Crippen LogP contribution < -0.4 is 5.73 Å². The highest BCUT2D eigenvalue weighted by Gasteiger charge is 2.19. The molecule has 1 aromatic carbocycles. The van der Waals surface area contributed by atoms with Gasteiger partial charge in [-0.05, 0) is 41.6 Å². The van der Waals surface area contributed by atoms with Gasteiger partial charge in [0.25, 0.3) is 0 Å². The molecule has 1 atom stereocenters. The van der Waals surface area contributed by atoms with E-state index in [1.807, 2.05) is 18.2 Å². The zero-order chi connectivity index (χ0) is 13.9. The number of para-hydroxylation sites is 1. The Hall–Kier alpha value is -1.62. The lowest BCUT2D eigenvalue weighted by Crippen LogP contribution is -2.29. The highest BCUT2D eigenvalue weighted by atomic mass is 32.1. The molecule has 3 nitrogen and oxygen atoms in total. The molecule has 0 aliphatic carbocycles. The number of hydrogen-bond donors (Lipinski definition) is 1. The summed E-state index contributed by atoms with van der Waals surface area (Å²) in [6.07, 6.45) is 0. The first kappa shape index (κ1) is 13.4. The summed E-state index contributed by atoms with van der Waals surface area (Å²) in [4.78, 5) is 2.24. The molecule has 0 radical (unpaired) electrons. The fraction of sp³-hybridized carbons (Fsp3) is 0.250. The van der Waals surface area contributed by atoms with E-state index in [1.165, 1.54) is 5.56 Å². The van der Waals surface area contributed by atoms with Gasteiger partial charge in [0, 0.05) is 18.5 Å². The standard InChI is InChI=1S/C16H18N2OS/c1-18(10-12-6-7-20-11-12)14(9-17)16-8-13-4-2-3-5-15(13)19-16/h2-8,11,14H,9-10,17H2,1H3. The number of thiophene rings is 1. The first-order valence-corrected chi connectivity index (χ1v) is 7.62. The third-order valence-electron chi connectivity index (χ3n) is 3.54. The van der Waals surface area contributed by atoms with Crippen LogP contribution in [0.15, 0.2) is 51.6 Å². The molecular formula is C16H18N2OS. The van der Waals surface area contributed by atoms with Crippen molar-refractivity contribution in [1.82, 2.24) is 4.90 Å². The van der Waals surface area contributed by atoms with Crippen LogP contribution in [-0.2, 0) is 6.54 Å². The van der Waals surface area contributed by atoms with E-state index in [9.17, 15) is 0 Å². The zero-order valence-electron chi connectivity index (χ0n) is 11.5. The average molecular weight is 286 g/mol. The van der Waals surface area contributed by atoms with Gasteiger partial charge in [-0.2, -0.15) is 11.3 Å². The van der Waals surface area contributed by atoms with Crippen LogP contribution >= 0.6 is 11.3 Å². The molecule has 1 unspecified atom stereocenters. The van der Waals surface area contributed by atoms with Crippen LogP contribution in [0, 0.1) is 0 Å². The number of rotatable bonds is 5. The molecule has 4 heteroatoms. The smallest absolute Gasteiger partial charge is 0.134 e. The molecule has 0 amide bonds. The number of nitrogens with zero attached hydrogens (tertiary/aromatic N) is 1. The number of likely N-dealkylation sites (N-methyl/N-ethyl adjacent to an activating group) is 1. The van der Waals surface area contributed by atoms with E-state index in [0.717, 1.165) is 23.3 Å². The van der Waals surface area contributed by atoms with Crippen LogP contribution in [0.5, 0.6) is 0 Å². The highest BCUT2D eigenvalue weighted by molar-refractivity contribution is 7.07. The Bertz CT molecular complexity index is 642. The molecule has 2 heterocycles. The molecule has 0 spiro atoms. The Balaban J connectivity index is 1.84. The van der Waals surface area contributed by atoms with Gasteiger partial charge in [0.2, 0.25) is 0 Å². The van der Waals surface area contributed by atoms with Crippen molar-refractivity contribution in [2.45, 2.75) is 12.6 Å². The molecule has 104 valence electrons. The Kier molecular flexibility index (Phi) is 3.87. The van der Waals surface area contributed by atoms with Gasteiger partial charge < -0.3 is 10.2 Å². The van der Waals surface area contributed by atoms with Gasteiger partial charge >= 0.3 is 0 Å². The van der Waals surface area contributed by atoms with E-state index >= 15 is 0 Å². The second-order valence-electron chi connectivity index (χ2n) is 4.98. The molecule has 0 saturated heterocycles. The van der Waals surface area contributed by atoms with E-state index in [4.69, 9.17) is 10.2 Å². The lowest BCUT2D eigenvalue weighted by Gasteiger charge is -2.24. The molecule has 3 aromatic rings. The Morgan fingerprint density at radius 1 is 1.30 bits per heavy atom. The van der Waals surface area contributed by atoms with Crippen molar-refractivity contribution >= 4 is 22.3 Å². The van der Waals surface area contributed by atoms with Crippen LogP contribution in [0.25, 0.3) is 11.0 Å². The molecule has 2 aromatic heterocycles. The van der Waals surface area contributed by atoms with Crippen LogP contribution in [0.2, 0.25) is 0 Å². The van der Waals surface area contributed by atoms with Crippen molar-refractivity contribution in [2.24, 2.45) is 5.73 Å². The first-order chi connectivity index (χ1) is 9.78. The molecule has 2 N–H and O–H groups in total. The molecule has 0 saturated carbocycles. The second-order valence-corrected chi connectivity index (χ2v) is 5.76. The first-order valence-electron chi connectivity index (χ1n) is 6.68. The molecule has 3 rings (SSSR count). The van der Waals surface area contributed by atoms with Crippen LogP contribution in [-0.4, -0.2) is 18.5 Å². The summed E-state index contributed by atoms with van der Waals surface area (Å²) in [5.74, 6) is 0.937. The normalized spacial score (nSPS) is 13.2. The van der Waals surface area contributed by atoms with Crippen molar-refractivity contribution in [3.05, 3.63) is 58.5 Å². The van der Waals surface area contributed by atoms with E-state index in [-0.39, 0.29) is 6.04 Å².